The highest BCUT2D eigenvalue weighted by molar-refractivity contribution is 7.89. The van der Waals surface area contributed by atoms with Crippen LogP contribution < -0.4 is 5.32 Å². The van der Waals surface area contributed by atoms with E-state index in [0.717, 1.165) is 5.56 Å². The summed E-state index contributed by atoms with van der Waals surface area (Å²) < 4.78 is 32.3. The Bertz CT molecular complexity index is 1110. The van der Waals surface area contributed by atoms with Gasteiger partial charge in [-0.1, -0.05) is 30.3 Å². The van der Waals surface area contributed by atoms with E-state index in [2.05, 4.69) is 5.32 Å². The average Bonchev–Trinajstić information content (AvgIpc) is 2.84. The Balaban J connectivity index is 1.71. The molecule has 2 aromatic rings. The number of benzene rings is 2. The molecule has 1 saturated heterocycles. The number of carbonyl (C=O) groups excluding carboxylic acids is 3. The third kappa shape index (κ3) is 6.21. The van der Waals surface area contributed by atoms with Gasteiger partial charge in [0.15, 0.2) is 0 Å². The van der Waals surface area contributed by atoms with Crippen LogP contribution >= 0.6 is 0 Å². The van der Waals surface area contributed by atoms with Gasteiger partial charge in [0.25, 0.3) is 5.91 Å². The van der Waals surface area contributed by atoms with Crippen LogP contribution in [0.1, 0.15) is 42.2 Å². The number of ether oxygens (including phenoxy) is 1. The van der Waals surface area contributed by atoms with Crippen LogP contribution in [0.15, 0.2) is 59.5 Å². The number of nitrogens with one attached hydrogen (secondary N) is 1. The fraction of sp³-hybridized carbons (Fsp3) is 0.375. The Hall–Kier alpha value is -3.24. The van der Waals surface area contributed by atoms with Gasteiger partial charge in [-0.25, -0.2) is 8.42 Å². The average molecular weight is 488 g/mol. The molecule has 1 aliphatic heterocycles. The number of hydrogen-bond acceptors (Lipinski definition) is 6. The lowest BCUT2D eigenvalue weighted by Gasteiger charge is -2.33. The van der Waals surface area contributed by atoms with Crippen LogP contribution in [0.5, 0.6) is 0 Å². The molecule has 0 radical (unpaired) electrons. The summed E-state index contributed by atoms with van der Waals surface area (Å²) in [5, 5.41) is 2.84. The van der Waals surface area contributed by atoms with Crippen molar-refractivity contribution in [2.24, 2.45) is 0 Å². The Morgan fingerprint density at radius 1 is 0.971 bits per heavy atom. The fourth-order valence-corrected chi connectivity index (χ4v) is 5.16. The molecule has 0 spiro atoms. The third-order valence-electron chi connectivity index (χ3n) is 5.62. The van der Waals surface area contributed by atoms with Gasteiger partial charge in [0.2, 0.25) is 15.9 Å². The molecule has 2 aromatic carbocycles. The minimum Gasteiger partial charge on any atom is -0.466 e. The molecule has 34 heavy (non-hydrogen) atoms. The third-order valence-corrected chi connectivity index (χ3v) is 7.53. The summed E-state index contributed by atoms with van der Waals surface area (Å²) in [6, 6.07) is 14.2. The van der Waals surface area contributed by atoms with Crippen LogP contribution in [-0.2, 0) is 24.3 Å². The lowest BCUT2D eigenvalue weighted by Crippen LogP contribution is -2.49. The fourth-order valence-electron chi connectivity index (χ4n) is 3.74. The summed E-state index contributed by atoms with van der Waals surface area (Å²) in [5.74, 6) is -0.940. The lowest BCUT2D eigenvalue weighted by atomic mass is 10.0. The standard InChI is InChI=1S/C24H29N3O6S/c1-3-33-23(29)17-22(19-7-5-4-6-8-19)25-24(30)20-9-11-21(12-10-20)34(31,32)27-15-13-26(14-16-27)18(2)28/h4-12,22H,3,13-17H2,1-2H3,(H,25,30). The molecule has 182 valence electrons. The molecule has 0 bridgehead atoms. The first kappa shape index (κ1) is 25.4. The maximum absolute atomic E-state index is 13.0. The van der Waals surface area contributed by atoms with Gasteiger partial charge < -0.3 is 15.0 Å². The Morgan fingerprint density at radius 3 is 2.15 bits per heavy atom. The topological polar surface area (TPSA) is 113 Å². The van der Waals surface area contributed by atoms with E-state index in [9.17, 15) is 22.8 Å². The van der Waals surface area contributed by atoms with Crippen molar-refractivity contribution in [3.8, 4) is 0 Å². The first-order valence-electron chi connectivity index (χ1n) is 11.1. The molecule has 1 fully saturated rings. The van der Waals surface area contributed by atoms with E-state index in [1.165, 1.54) is 35.5 Å². The summed E-state index contributed by atoms with van der Waals surface area (Å²) in [6.07, 6.45) is -0.0255. The summed E-state index contributed by atoms with van der Waals surface area (Å²) >= 11 is 0. The number of piperazine rings is 1. The van der Waals surface area contributed by atoms with Crippen LogP contribution in [0.2, 0.25) is 0 Å². The minimum absolute atomic E-state index is 0.0255. The van der Waals surface area contributed by atoms with Gasteiger partial charge in [0, 0.05) is 38.7 Å². The zero-order chi connectivity index (χ0) is 24.7. The van der Waals surface area contributed by atoms with Crippen molar-refractivity contribution in [3.05, 3.63) is 65.7 Å². The quantitative estimate of drug-likeness (QED) is 0.570. The van der Waals surface area contributed by atoms with E-state index >= 15 is 0 Å². The number of rotatable bonds is 8. The molecule has 1 unspecified atom stereocenters. The van der Waals surface area contributed by atoms with E-state index in [1.54, 1.807) is 11.8 Å². The van der Waals surface area contributed by atoms with Gasteiger partial charge in [-0.2, -0.15) is 4.31 Å². The van der Waals surface area contributed by atoms with Crippen LogP contribution in [-0.4, -0.2) is 68.2 Å². The molecule has 9 nitrogen and oxygen atoms in total. The molecule has 1 N–H and O–H groups in total. The summed E-state index contributed by atoms with van der Waals surface area (Å²) in [7, 11) is -3.74. The maximum Gasteiger partial charge on any atom is 0.308 e. The molecular weight excluding hydrogens is 458 g/mol. The van der Waals surface area contributed by atoms with Crippen molar-refractivity contribution in [1.29, 1.82) is 0 Å². The molecule has 3 rings (SSSR count). The van der Waals surface area contributed by atoms with Gasteiger partial charge in [-0.05, 0) is 36.8 Å². The van der Waals surface area contributed by atoms with E-state index < -0.39 is 27.9 Å². The summed E-state index contributed by atoms with van der Waals surface area (Å²) in [4.78, 5) is 38.1. The van der Waals surface area contributed by atoms with Crippen molar-refractivity contribution in [1.82, 2.24) is 14.5 Å². The van der Waals surface area contributed by atoms with Gasteiger partial charge in [0.1, 0.15) is 0 Å². The zero-order valence-corrected chi connectivity index (χ0v) is 20.1. The highest BCUT2D eigenvalue weighted by Crippen LogP contribution is 2.21. The number of hydrogen-bond donors (Lipinski definition) is 1. The zero-order valence-electron chi connectivity index (χ0n) is 19.3. The Morgan fingerprint density at radius 2 is 1.59 bits per heavy atom. The number of carbonyl (C=O) groups is 3. The molecule has 0 aromatic heterocycles. The molecule has 0 saturated carbocycles. The van der Waals surface area contributed by atoms with E-state index in [4.69, 9.17) is 4.74 Å². The van der Waals surface area contributed by atoms with E-state index in [1.807, 2.05) is 30.3 Å². The number of amides is 2. The second kappa shape index (κ2) is 11.3. The number of nitrogens with zero attached hydrogens (tertiary/aromatic N) is 2. The van der Waals surface area contributed by atoms with Crippen molar-refractivity contribution < 1.29 is 27.5 Å². The molecule has 10 heteroatoms. The Labute approximate surface area is 199 Å². The van der Waals surface area contributed by atoms with Gasteiger partial charge in [-0.15, -0.1) is 0 Å². The molecule has 1 heterocycles. The van der Waals surface area contributed by atoms with Crippen LogP contribution in [0.3, 0.4) is 0 Å². The molecular formula is C24H29N3O6S. The van der Waals surface area contributed by atoms with Crippen LogP contribution in [0, 0.1) is 0 Å². The second-order valence-corrected chi connectivity index (χ2v) is 9.82. The minimum atomic E-state index is -3.74. The summed E-state index contributed by atoms with van der Waals surface area (Å²) in [6.45, 7) is 4.55. The monoisotopic (exact) mass is 487 g/mol. The van der Waals surface area contributed by atoms with Gasteiger partial charge >= 0.3 is 5.97 Å². The molecule has 2 amide bonds. The first-order chi connectivity index (χ1) is 16.2. The smallest absolute Gasteiger partial charge is 0.308 e. The first-order valence-corrected chi connectivity index (χ1v) is 12.5. The van der Waals surface area contributed by atoms with Crippen molar-refractivity contribution in [2.45, 2.75) is 31.2 Å². The highest BCUT2D eigenvalue weighted by Gasteiger charge is 2.29. The highest BCUT2D eigenvalue weighted by atomic mass is 32.2. The van der Waals surface area contributed by atoms with Crippen LogP contribution in [0.4, 0.5) is 0 Å². The molecule has 1 aliphatic rings. The lowest BCUT2D eigenvalue weighted by molar-refractivity contribution is -0.143. The summed E-state index contributed by atoms with van der Waals surface area (Å²) in [5.41, 5.74) is 1.03. The van der Waals surface area contributed by atoms with Crippen molar-refractivity contribution >= 4 is 27.8 Å². The number of esters is 1. The Kier molecular flexibility index (Phi) is 8.41. The predicted octanol–water partition coefficient (Wildman–Crippen LogP) is 1.96. The molecule has 0 aliphatic carbocycles. The van der Waals surface area contributed by atoms with Crippen molar-refractivity contribution in [2.75, 3.05) is 32.8 Å². The van der Waals surface area contributed by atoms with Gasteiger partial charge in [-0.3, -0.25) is 14.4 Å². The largest absolute Gasteiger partial charge is 0.466 e. The van der Waals surface area contributed by atoms with Crippen LogP contribution in [0.25, 0.3) is 0 Å². The SMILES string of the molecule is CCOC(=O)CC(NC(=O)c1ccc(S(=O)(=O)N2CCN(C(C)=O)CC2)cc1)c1ccccc1. The predicted molar refractivity (Wildman–Crippen MR) is 125 cm³/mol. The van der Waals surface area contributed by atoms with E-state index in [0.29, 0.717) is 13.1 Å². The maximum atomic E-state index is 13.0. The van der Waals surface area contributed by atoms with Gasteiger partial charge in [0.05, 0.1) is 24.0 Å². The van der Waals surface area contributed by atoms with E-state index in [-0.39, 0.29) is 42.5 Å². The molecule has 1 atom stereocenters. The number of sulfonamides is 1. The second-order valence-electron chi connectivity index (χ2n) is 7.88. The van der Waals surface area contributed by atoms with Crippen molar-refractivity contribution in [3.63, 3.8) is 0 Å². The normalized spacial score (nSPS) is 15.4.